The van der Waals surface area contributed by atoms with E-state index in [2.05, 4.69) is 32.2 Å². The minimum Gasteiger partial charge on any atom is -0.353 e. The highest BCUT2D eigenvalue weighted by molar-refractivity contribution is 5.79. The Bertz CT molecular complexity index is 594. The largest absolute Gasteiger partial charge is 0.353 e. The van der Waals surface area contributed by atoms with E-state index in [9.17, 15) is 4.79 Å². The summed E-state index contributed by atoms with van der Waals surface area (Å²) in [4.78, 5) is 22.0. The molecule has 2 saturated heterocycles. The number of nitrogens with one attached hydrogen (secondary N) is 1. The molecule has 3 aliphatic rings. The quantitative estimate of drug-likeness (QED) is 0.866. The van der Waals surface area contributed by atoms with Crippen molar-refractivity contribution in [1.82, 2.24) is 20.1 Å². The molecule has 1 saturated carbocycles. The monoisotopic (exact) mass is 370 g/mol. The van der Waals surface area contributed by atoms with Gasteiger partial charge in [0.05, 0.1) is 5.92 Å². The van der Waals surface area contributed by atoms with E-state index in [0.29, 0.717) is 18.0 Å². The van der Waals surface area contributed by atoms with Crippen LogP contribution in [0.5, 0.6) is 0 Å². The molecule has 27 heavy (non-hydrogen) atoms. The number of pyridine rings is 1. The molecule has 1 aromatic heterocycles. The molecule has 3 fully saturated rings. The van der Waals surface area contributed by atoms with Crippen LogP contribution in [0.25, 0.3) is 0 Å². The molecular weight excluding hydrogens is 336 g/mol. The van der Waals surface area contributed by atoms with Crippen LogP contribution < -0.4 is 5.32 Å². The molecule has 3 heterocycles. The van der Waals surface area contributed by atoms with Gasteiger partial charge in [-0.25, -0.2) is 0 Å². The number of amides is 1. The number of carbonyl (C=O) groups excluding carboxylic acids is 1. The molecule has 5 nitrogen and oxygen atoms in total. The fourth-order valence-corrected chi connectivity index (χ4v) is 5.13. The van der Waals surface area contributed by atoms with Crippen molar-refractivity contribution < 1.29 is 4.79 Å². The van der Waals surface area contributed by atoms with Crippen LogP contribution in [0.2, 0.25) is 0 Å². The zero-order chi connectivity index (χ0) is 18.5. The molecule has 0 bridgehead atoms. The van der Waals surface area contributed by atoms with Gasteiger partial charge in [-0.05, 0) is 75.9 Å². The first-order valence-corrected chi connectivity index (χ1v) is 10.9. The van der Waals surface area contributed by atoms with Gasteiger partial charge in [0.15, 0.2) is 0 Å². The Hall–Kier alpha value is -1.46. The summed E-state index contributed by atoms with van der Waals surface area (Å²) in [6, 6.07) is 5.33. The highest BCUT2D eigenvalue weighted by atomic mass is 16.2. The Kier molecular flexibility index (Phi) is 6.40. The van der Waals surface area contributed by atoms with Crippen molar-refractivity contribution in [3.63, 3.8) is 0 Å². The average Bonchev–Trinajstić information content (AvgIpc) is 3.22. The number of hydrogen-bond donors (Lipinski definition) is 1. The van der Waals surface area contributed by atoms with Gasteiger partial charge in [-0.2, -0.15) is 0 Å². The van der Waals surface area contributed by atoms with E-state index >= 15 is 0 Å². The molecule has 1 atom stereocenters. The Morgan fingerprint density at radius 2 is 1.74 bits per heavy atom. The summed E-state index contributed by atoms with van der Waals surface area (Å²) in [5, 5.41) is 3.33. The first kappa shape index (κ1) is 18.9. The molecule has 0 aromatic carbocycles. The molecule has 0 unspecified atom stereocenters. The third-order valence-corrected chi connectivity index (χ3v) is 6.75. The number of rotatable bonds is 5. The molecule has 1 amide bonds. The fourth-order valence-electron chi connectivity index (χ4n) is 5.13. The number of nitrogens with zero attached hydrogens (tertiary/aromatic N) is 3. The summed E-state index contributed by atoms with van der Waals surface area (Å²) in [5.41, 5.74) is 1.35. The Morgan fingerprint density at radius 3 is 2.48 bits per heavy atom. The minimum atomic E-state index is 0.203. The number of piperidine rings is 2. The molecule has 4 rings (SSSR count). The van der Waals surface area contributed by atoms with Crippen molar-refractivity contribution in [3.05, 3.63) is 30.1 Å². The number of carbonyl (C=O) groups is 1. The van der Waals surface area contributed by atoms with E-state index in [1.54, 1.807) is 0 Å². The topological polar surface area (TPSA) is 48.5 Å². The summed E-state index contributed by atoms with van der Waals surface area (Å²) < 4.78 is 0. The van der Waals surface area contributed by atoms with Crippen LogP contribution in [0.15, 0.2) is 24.5 Å². The van der Waals surface area contributed by atoms with Gasteiger partial charge in [0.2, 0.25) is 5.91 Å². The second-order valence-electron chi connectivity index (χ2n) is 8.69. The summed E-state index contributed by atoms with van der Waals surface area (Å²) in [6.45, 7) is 5.47. The predicted octanol–water partition coefficient (Wildman–Crippen LogP) is 2.82. The molecular formula is C22H34N4O. The molecule has 0 spiro atoms. The van der Waals surface area contributed by atoms with Crippen LogP contribution in [0.1, 0.15) is 56.9 Å². The normalized spacial score (nSPS) is 26.3. The third kappa shape index (κ3) is 5.08. The predicted molar refractivity (Wildman–Crippen MR) is 107 cm³/mol. The number of hydrogen-bond acceptors (Lipinski definition) is 4. The smallest absolute Gasteiger partial charge is 0.224 e. The maximum atomic E-state index is 12.7. The van der Waals surface area contributed by atoms with Gasteiger partial charge in [-0.15, -0.1) is 0 Å². The summed E-state index contributed by atoms with van der Waals surface area (Å²) in [7, 11) is 0. The van der Waals surface area contributed by atoms with Gasteiger partial charge in [0.25, 0.3) is 0 Å². The van der Waals surface area contributed by atoms with Crippen LogP contribution in [0.4, 0.5) is 0 Å². The van der Waals surface area contributed by atoms with E-state index in [4.69, 9.17) is 0 Å². The van der Waals surface area contributed by atoms with Crippen molar-refractivity contribution in [2.24, 2.45) is 5.92 Å². The zero-order valence-corrected chi connectivity index (χ0v) is 16.5. The van der Waals surface area contributed by atoms with E-state index in [0.717, 1.165) is 32.6 Å². The molecule has 1 N–H and O–H groups in total. The third-order valence-electron chi connectivity index (χ3n) is 6.75. The van der Waals surface area contributed by atoms with Gasteiger partial charge in [-0.3, -0.25) is 19.6 Å². The summed E-state index contributed by atoms with van der Waals surface area (Å²) in [6.07, 6.45) is 13.4. The van der Waals surface area contributed by atoms with Gasteiger partial charge in [0.1, 0.15) is 0 Å². The molecule has 2 aliphatic heterocycles. The van der Waals surface area contributed by atoms with E-state index < -0.39 is 0 Å². The van der Waals surface area contributed by atoms with Crippen molar-refractivity contribution >= 4 is 5.91 Å². The minimum absolute atomic E-state index is 0.203. The SMILES string of the molecule is O=C(NC1CCCC1)[C@H]1CCCN(C2CCN(Cc3ccncc3)CC2)C1. The van der Waals surface area contributed by atoms with Crippen LogP contribution in [-0.4, -0.2) is 59.0 Å². The highest BCUT2D eigenvalue weighted by Gasteiger charge is 2.32. The van der Waals surface area contributed by atoms with Crippen LogP contribution in [0, 0.1) is 5.92 Å². The molecule has 0 radical (unpaired) electrons. The second-order valence-corrected chi connectivity index (χ2v) is 8.69. The molecule has 1 aromatic rings. The maximum Gasteiger partial charge on any atom is 0.224 e. The Morgan fingerprint density at radius 1 is 1.00 bits per heavy atom. The van der Waals surface area contributed by atoms with Crippen LogP contribution >= 0.6 is 0 Å². The summed E-state index contributed by atoms with van der Waals surface area (Å²) >= 11 is 0. The highest BCUT2D eigenvalue weighted by Crippen LogP contribution is 2.25. The lowest BCUT2D eigenvalue weighted by atomic mass is 9.93. The fraction of sp³-hybridized carbons (Fsp3) is 0.727. The summed E-state index contributed by atoms with van der Waals surface area (Å²) in [5.74, 6) is 0.524. The maximum absolute atomic E-state index is 12.7. The van der Waals surface area contributed by atoms with Gasteiger partial charge in [0, 0.05) is 37.6 Å². The van der Waals surface area contributed by atoms with Gasteiger partial charge >= 0.3 is 0 Å². The van der Waals surface area contributed by atoms with E-state index in [1.165, 1.54) is 57.1 Å². The first-order chi connectivity index (χ1) is 13.3. The van der Waals surface area contributed by atoms with Crippen molar-refractivity contribution in [1.29, 1.82) is 0 Å². The van der Waals surface area contributed by atoms with E-state index in [1.807, 2.05) is 12.4 Å². The van der Waals surface area contributed by atoms with Crippen molar-refractivity contribution in [2.45, 2.75) is 70.0 Å². The van der Waals surface area contributed by atoms with Crippen molar-refractivity contribution in [3.8, 4) is 0 Å². The van der Waals surface area contributed by atoms with Crippen LogP contribution in [0.3, 0.4) is 0 Å². The number of likely N-dealkylation sites (tertiary alicyclic amines) is 2. The average molecular weight is 371 g/mol. The van der Waals surface area contributed by atoms with E-state index in [-0.39, 0.29) is 5.92 Å². The zero-order valence-electron chi connectivity index (χ0n) is 16.5. The Balaban J connectivity index is 1.23. The Labute approximate surface area is 163 Å². The molecule has 5 heteroatoms. The van der Waals surface area contributed by atoms with Gasteiger partial charge < -0.3 is 5.32 Å². The second kappa shape index (κ2) is 9.16. The first-order valence-electron chi connectivity index (χ1n) is 10.9. The van der Waals surface area contributed by atoms with Gasteiger partial charge in [-0.1, -0.05) is 12.8 Å². The lowest BCUT2D eigenvalue weighted by molar-refractivity contribution is -0.127. The molecule has 1 aliphatic carbocycles. The van der Waals surface area contributed by atoms with Crippen LogP contribution in [-0.2, 0) is 11.3 Å². The van der Waals surface area contributed by atoms with Crippen molar-refractivity contribution in [2.75, 3.05) is 26.2 Å². The lowest BCUT2D eigenvalue weighted by Crippen LogP contribution is -2.51. The molecule has 148 valence electrons. The standard InChI is InChI=1S/C22H34N4O/c27-22(24-20-5-1-2-6-20)19-4-3-13-26(17-19)21-9-14-25(15-10-21)16-18-7-11-23-12-8-18/h7-8,11-12,19-21H,1-6,9-10,13-17H2,(H,24,27)/t19-/m0/s1. The lowest BCUT2D eigenvalue weighted by Gasteiger charge is -2.42. The number of aromatic nitrogens is 1.